The van der Waals surface area contributed by atoms with E-state index in [1.807, 2.05) is 6.07 Å². The molecule has 0 spiro atoms. The van der Waals surface area contributed by atoms with E-state index in [2.05, 4.69) is 5.32 Å². The molecule has 1 heterocycles. The summed E-state index contributed by atoms with van der Waals surface area (Å²) in [5.41, 5.74) is -1.07. The van der Waals surface area contributed by atoms with Crippen molar-refractivity contribution in [1.29, 1.82) is 5.26 Å². The van der Waals surface area contributed by atoms with Gasteiger partial charge in [-0.1, -0.05) is 26.7 Å². The van der Waals surface area contributed by atoms with Gasteiger partial charge in [-0.05, 0) is 25.7 Å². The van der Waals surface area contributed by atoms with Gasteiger partial charge in [0.1, 0.15) is 12.1 Å². The fraction of sp³-hybridized carbons (Fsp3) is 0.722. The van der Waals surface area contributed by atoms with Crippen molar-refractivity contribution in [1.82, 2.24) is 10.2 Å². The molecule has 1 saturated heterocycles. The van der Waals surface area contributed by atoms with Crippen molar-refractivity contribution >= 4 is 23.7 Å². The second kappa shape index (κ2) is 7.85. The largest absolute Gasteiger partial charge is 0.454 e. The highest BCUT2D eigenvalue weighted by Crippen LogP contribution is 2.37. The fourth-order valence-corrected chi connectivity index (χ4v) is 3.33. The van der Waals surface area contributed by atoms with E-state index in [0.29, 0.717) is 12.8 Å². The summed E-state index contributed by atoms with van der Waals surface area (Å²) in [6.07, 6.45) is 3.16. The first kappa shape index (κ1) is 19.9. The van der Waals surface area contributed by atoms with Crippen molar-refractivity contribution in [2.75, 3.05) is 13.2 Å². The molecule has 3 amide bonds. The minimum Gasteiger partial charge on any atom is -0.454 e. The van der Waals surface area contributed by atoms with E-state index in [1.165, 1.54) is 0 Å². The zero-order valence-electron chi connectivity index (χ0n) is 15.4. The zero-order valence-corrected chi connectivity index (χ0v) is 15.4. The van der Waals surface area contributed by atoms with Gasteiger partial charge in [0.05, 0.1) is 17.9 Å². The molecule has 0 aromatic heterocycles. The van der Waals surface area contributed by atoms with Gasteiger partial charge < -0.3 is 10.1 Å². The molecular weight excluding hydrogens is 338 g/mol. The summed E-state index contributed by atoms with van der Waals surface area (Å²) in [6.45, 7) is 4.13. The summed E-state index contributed by atoms with van der Waals surface area (Å²) in [4.78, 5) is 49.4. The van der Waals surface area contributed by atoms with E-state index >= 15 is 0 Å². The minimum atomic E-state index is -1.07. The van der Waals surface area contributed by atoms with Crippen LogP contribution in [-0.4, -0.2) is 47.3 Å². The number of nitriles is 1. The Labute approximate surface area is 152 Å². The van der Waals surface area contributed by atoms with E-state index < -0.39 is 30.6 Å². The second-order valence-corrected chi connectivity index (χ2v) is 7.44. The molecular formula is C18H25N3O5. The Hall–Kier alpha value is -2.43. The number of rotatable bonds is 6. The van der Waals surface area contributed by atoms with Crippen molar-refractivity contribution in [3.8, 4) is 6.07 Å². The summed E-state index contributed by atoms with van der Waals surface area (Å²) in [5, 5.41) is 11.7. The number of fused-ring (bicyclic) bond motifs is 1. The van der Waals surface area contributed by atoms with Crippen molar-refractivity contribution in [2.45, 2.75) is 52.0 Å². The highest BCUT2D eigenvalue weighted by molar-refractivity contribution is 6.07. The average Bonchev–Trinajstić information content (AvgIpc) is 2.85. The number of imide groups is 1. The summed E-state index contributed by atoms with van der Waals surface area (Å²) in [6, 6.07) is 2.03. The van der Waals surface area contributed by atoms with Crippen molar-refractivity contribution in [2.24, 2.45) is 17.8 Å². The Bertz CT molecular complexity index is 630. The lowest BCUT2D eigenvalue weighted by atomic mass is 9.81. The van der Waals surface area contributed by atoms with Crippen LogP contribution in [0, 0.1) is 29.1 Å². The second-order valence-electron chi connectivity index (χ2n) is 7.44. The maximum Gasteiger partial charge on any atom is 0.326 e. The normalized spacial score (nSPS) is 24.7. The van der Waals surface area contributed by atoms with Gasteiger partial charge in [0, 0.05) is 0 Å². The summed E-state index contributed by atoms with van der Waals surface area (Å²) < 4.78 is 4.88. The van der Waals surface area contributed by atoms with Gasteiger partial charge in [0.25, 0.3) is 5.91 Å². The number of hydrogen-bond donors (Lipinski definition) is 1. The van der Waals surface area contributed by atoms with Crippen LogP contribution >= 0.6 is 0 Å². The number of nitrogens with zero attached hydrogens (tertiary/aromatic N) is 2. The number of amides is 3. The molecule has 0 aromatic rings. The molecule has 142 valence electrons. The molecule has 8 heteroatoms. The summed E-state index contributed by atoms with van der Waals surface area (Å²) in [7, 11) is 0. The maximum atomic E-state index is 12.3. The van der Waals surface area contributed by atoms with Crippen LogP contribution in [0.25, 0.3) is 0 Å². The molecule has 26 heavy (non-hydrogen) atoms. The van der Waals surface area contributed by atoms with Crippen molar-refractivity contribution in [3.05, 3.63) is 0 Å². The molecule has 0 aromatic carbocycles. The maximum absolute atomic E-state index is 12.3. The predicted molar refractivity (Wildman–Crippen MR) is 90.1 cm³/mol. The number of ether oxygens (including phenoxy) is 1. The molecule has 1 aliphatic carbocycles. The van der Waals surface area contributed by atoms with E-state index in [4.69, 9.17) is 4.74 Å². The highest BCUT2D eigenvalue weighted by Gasteiger charge is 2.48. The van der Waals surface area contributed by atoms with Crippen LogP contribution in [0.5, 0.6) is 0 Å². The van der Waals surface area contributed by atoms with Gasteiger partial charge in [-0.3, -0.25) is 24.1 Å². The standard InChI is InChI=1S/C18H25N3O5/c1-11(2)18(3,10-19)20-14(22)9-26-15(23)8-21-16(24)12-6-4-5-7-13(12)17(21)25/h11-13H,4-9H2,1-3H3,(H,20,22)/t12-,13-,18-/m0/s1. The number of hydrogen-bond acceptors (Lipinski definition) is 6. The van der Waals surface area contributed by atoms with Crippen LogP contribution in [0.2, 0.25) is 0 Å². The lowest BCUT2D eigenvalue weighted by Crippen LogP contribution is -2.50. The first-order valence-electron chi connectivity index (χ1n) is 8.92. The van der Waals surface area contributed by atoms with Crippen molar-refractivity contribution < 1.29 is 23.9 Å². The molecule has 0 unspecified atom stereocenters. The van der Waals surface area contributed by atoms with Crippen LogP contribution in [0.4, 0.5) is 0 Å². The van der Waals surface area contributed by atoms with Crippen molar-refractivity contribution in [3.63, 3.8) is 0 Å². The Morgan fingerprint density at radius 2 is 1.81 bits per heavy atom. The molecule has 1 aliphatic heterocycles. The predicted octanol–water partition coefficient (Wildman–Crippen LogP) is 0.759. The molecule has 2 fully saturated rings. The quantitative estimate of drug-likeness (QED) is 0.550. The van der Waals surface area contributed by atoms with Crippen LogP contribution in [-0.2, 0) is 23.9 Å². The van der Waals surface area contributed by atoms with Gasteiger partial charge >= 0.3 is 5.97 Å². The van der Waals surface area contributed by atoms with Crippen LogP contribution in [0.1, 0.15) is 46.5 Å². The molecule has 2 aliphatic rings. The van der Waals surface area contributed by atoms with E-state index in [-0.39, 0.29) is 29.6 Å². The smallest absolute Gasteiger partial charge is 0.326 e. The molecule has 0 bridgehead atoms. The van der Waals surface area contributed by atoms with E-state index in [9.17, 15) is 24.4 Å². The minimum absolute atomic E-state index is 0.129. The zero-order chi connectivity index (χ0) is 19.5. The molecule has 2 rings (SSSR count). The SMILES string of the molecule is CC(C)[C@](C)(C#N)NC(=O)COC(=O)CN1C(=O)[C@H]2CCCC[C@@H]2C1=O. The topological polar surface area (TPSA) is 117 Å². The highest BCUT2D eigenvalue weighted by atomic mass is 16.5. The number of nitrogens with one attached hydrogen (secondary N) is 1. The third-order valence-electron chi connectivity index (χ3n) is 5.37. The van der Waals surface area contributed by atoms with Crippen LogP contribution in [0.3, 0.4) is 0 Å². The van der Waals surface area contributed by atoms with Gasteiger partial charge in [0.2, 0.25) is 11.8 Å². The lowest BCUT2D eigenvalue weighted by Gasteiger charge is -2.27. The van der Waals surface area contributed by atoms with E-state index in [0.717, 1.165) is 17.7 Å². The Balaban J connectivity index is 1.85. The third kappa shape index (κ3) is 4.03. The lowest BCUT2D eigenvalue weighted by molar-refractivity contribution is -0.155. The third-order valence-corrected chi connectivity index (χ3v) is 5.37. The van der Waals surface area contributed by atoms with E-state index in [1.54, 1.807) is 20.8 Å². The Kier molecular flexibility index (Phi) is 6.01. The number of esters is 1. The number of carbonyl (C=O) groups excluding carboxylic acids is 4. The first-order valence-corrected chi connectivity index (χ1v) is 8.92. The molecule has 0 radical (unpaired) electrons. The average molecular weight is 363 g/mol. The number of carbonyl (C=O) groups is 4. The summed E-state index contributed by atoms with van der Waals surface area (Å²) in [5.74, 6) is -2.84. The van der Waals surface area contributed by atoms with Gasteiger partial charge in [-0.2, -0.15) is 5.26 Å². The molecule has 3 atom stereocenters. The molecule has 1 N–H and O–H groups in total. The first-order chi connectivity index (χ1) is 12.2. The van der Waals surface area contributed by atoms with Crippen LogP contribution in [0.15, 0.2) is 0 Å². The Morgan fingerprint density at radius 1 is 1.27 bits per heavy atom. The Morgan fingerprint density at radius 3 is 2.27 bits per heavy atom. The van der Waals surface area contributed by atoms with Gasteiger partial charge in [0.15, 0.2) is 6.61 Å². The summed E-state index contributed by atoms with van der Waals surface area (Å²) >= 11 is 0. The van der Waals surface area contributed by atoms with Gasteiger partial charge in [-0.25, -0.2) is 0 Å². The molecule has 8 nitrogen and oxygen atoms in total. The fourth-order valence-electron chi connectivity index (χ4n) is 3.33. The molecule has 1 saturated carbocycles. The van der Waals surface area contributed by atoms with Gasteiger partial charge in [-0.15, -0.1) is 0 Å². The monoisotopic (exact) mass is 363 g/mol. The number of likely N-dealkylation sites (tertiary alicyclic amines) is 1. The van der Waals surface area contributed by atoms with Crippen LogP contribution < -0.4 is 5.32 Å².